The summed E-state index contributed by atoms with van der Waals surface area (Å²) in [5.41, 5.74) is 5.88. The van der Waals surface area contributed by atoms with Crippen LogP contribution in [0, 0.1) is 6.92 Å². The Morgan fingerprint density at radius 2 is 1.83 bits per heavy atom. The molecule has 1 amide bonds. The number of carbonyl (C=O) groups excluding carboxylic acids is 1. The molecule has 1 fully saturated rings. The zero-order valence-electron chi connectivity index (χ0n) is 17.0. The van der Waals surface area contributed by atoms with Gasteiger partial charge in [0.15, 0.2) is 11.5 Å². The van der Waals surface area contributed by atoms with Gasteiger partial charge in [-0.3, -0.25) is 14.6 Å². The smallest absolute Gasteiger partial charge is 0.254 e. The van der Waals surface area contributed by atoms with Gasteiger partial charge < -0.3 is 9.84 Å². The van der Waals surface area contributed by atoms with Gasteiger partial charge in [-0.05, 0) is 36.2 Å². The van der Waals surface area contributed by atoms with E-state index in [1.807, 2.05) is 0 Å². The van der Waals surface area contributed by atoms with Crippen LogP contribution in [0.15, 0.2) is 47.6 Å². The second-order valence-electron chi connectivity index (χ2n) is 7.26. The third-order valence-electron chi connectivity index (χ3n) is 4.97. The molecule has 0 atom stereocenters. The predicted octanol–water partition coefficient (Wildman–Crippen LogP) is 1.98. The van der Waals surface area contributed by atoms with Crippen LogP contribution in [0.2, 0.25) is 0 Å². The maximum atomic E-state index is 12.1. The van der Waals surface area contributed by atoms with Crippen molar-refractivity contribution in [2.75, 3.05) is 39.8 Å². The van der Waals surface area contributed by atoms with E-state index in [9.17, 15) is 9.90 Å². The van der Waals surface area contributed by atoms with Crippen LogP contribution >= 0.6 is 0 Å². The number of ether oxygens (including phenoxy) is 1. The second kappa shape index (κ2) is 10.0. The van der Waals surface area contributed by atoms with E-state index >= 15 is 0 Å². The number of carbonyl (C=O) groups is 1. The lowest BCUT2D eigenvalue weighted by Crippen LogP contribution is -2.48. The summed E-state index contributed by atoms with van der Waals surface area (Å²) in [4.78, 5) is 16.7. The van der Waals surface area contributed by atoms with Crippen LogP contribution in [0.25, 0.3) is 0 Å². The number of aromatic hydroxyl groups is 1. The van der Waals surface area contributed by atoms with Gasteiger partial charge in [-0.2, -0.15) is 5.10 Å². The summed E-state index contributed by atoms with van der Waals surface area (Å²) in [6.07, 6.45) is 1.53. The van der Waals surface area contributed by atoms with Gasteiger partial charge in [-0.25, -0.2) is 5.43 Å². The van der Waals surface area contributed by atoms with Crippen molar-refractivity contribution < 1.29 is 14.6 Å². The molecule has 7 heteroatoms. The van der Waals surface area contributed by atoms with E-state index in [2.05, 4.69) is 51.5 Å². The number of aryl methyl sites for hydroxylation is 1. The van der Waals surface area contributed by atoms with Crippen LogP contribution in [0.5, 0.6) is 11.5 Å². The fourth-order valence-corrected chi connectivity index (χ4v) is 3.25. The first kappa shape index (κ1) is 20.8. The van der Waals surface area contributed by atoms with Crippen LogP contribution in [-0.2, 0) is 11.3 Å². The van der Waals surface area contributed by atoms with Crippen LogP contribution in [0.4, 0.5) is 0 Å². The summed E-state index contributed by atoms with van der Waals surface area (Å²) in [6.45, 7) is 6.97. The Morgan fingerprint density at radius 1 is 1.14 bits per heavy atom. The minimum absolute atomic E-state index is 0.0650. The molecule has 1 heterocycles. The quantitative estimate of drug-likeness (QED) is 0.553. The molecule has 0 aliphatic carbocycles. The maximum absolute atomic E-state index is 12.1. The van der Waals surface area contributed by atoms with Gasteiger partial charge in [0, 0.05) is 32.7 Å². The third-order valence-corrected chi connectivity index (χ3v) is 4.97. The molecule has 2 aromatic carbocycles. The van der Waals surface area contributed by atoms with E-state index in [4.69, 9.17) is 4.74 Å². The predicted molar refractivity (Wildman–Crippen MR) is 113 cm³/mol. The van der Waals surface area contributed by atoms with E-state index in [1.165, 1.54) is 30.5 Å². The van der Waals surface area contributed by atoms with Crippen molar-refractivity contribution in [3.05, 3.63) is 59.2 Å². The molecule has 1 saturated heterocycles. The Bertz CT molecular complexity index is 844. The Morgan fingerprint density at radius 3 is 2.52 bits per heavy atom. The molecule has 3 rings (SSSR count). The van der Waals surface area contributed by atoms with Crippen molar-refractivity contribution in [2.45, 2.75) is 13.5 Å². The Labute approximate surface area is 171 Å². The number of nitrogens with one attached hydrogen (secondary N) is 1. The molecule has 0 saturated carbocycles. The molecule has 154 valence electrons. The van der Waals surface area contributed by atoms with Gasteiger partial charge in [0.05, 0.1) is 19.9 Å². The topological polar surface area (TPSA) is 77.4 Å². The molecule has 0 unspecified atom stereocenters. The van der Waals surface area contributed by atoms with Crippen molar-refractivity contribution in [3.8, 4) is 11.5 Å². The van der Waals surface area contributed by atoms with Gasteiger partial charge in [0.1, 0.15) is 0 Å². The van der Waals surface area contributed by atoms with E-state index in [-0.39, 0.29) is 11.7 Å². The van der Waals surface area contributed by atoms with Gasteiger partial charge in [-0.1, -0.05) is 29.8 Å². The minimum atomic E-state index is -0.140. The molecule has 0 bridgehead atoms. The zero-order valence-corrected chi connectivity index (χ0v) is 17.0. The molecular formula is C22H28N4O3. The van der Waals surface area contributed by atoms with Gasteiger partial charge in [-0.15, -0.1) is 0 Å². The first-order chi connectivity index (χ1) is 14.0. The van der Waals surface area contributed by atoms with E-state index in [1.54, 1.807) is 12.1 Å². The molecule has 7 nitrogen and oxygen atoms in total. The summed E-state index contributed by atoms with van der Waals surface area (Å²) >= 11 is 0. The summed E-state index contributed by atoms with van der Waals surface area (Å²) in [5.74, 6) is 0.290. The van der Waals surface area contributed by atoms with Gasteiger partial charge in [0.25, 0.3) is 5.91 Å². The van der Waals surface area contributed by atoms with Crippen molar-refractivity contribution in [2.24, 2.45) is 5.10 Å². The minimum Gasteiger partial charge on any atom is -0.504 e. The number of hydrogen-bond acceptors (Lipinski definition) is 6. The summed E-state index contributed by atoms with van der Waals surface area (Å²) in [7, 11) is 1.48. The largest absolute Gasteiger partial charge is 0.504 e. The zero-order chi connectivity index (χ0) is 20.6. The average molecular weight is 396 g/mol. The molecule has 1 aliphatic rings. The number of phenols is 1. The Balaban J connectivity index is 1.40. The first-order valence-corrected chi connectivity index (χ1v) is 9.72. The molecule has 0 radical (unpaired) electrons. The van der Waals surface area contributed by atoms with Crippen molar-refractivity contribution in [1.29, 1.82) is 0 Å². The fraction of sp³-hybridized carbons (Fsp3) is 0.364. The molecule has 0 aromatic heterocycles. The lowest BCUT2D eigenvalue weighted by Gasteiger charge is -2.34. The van der Waals surface area contributed by atoms with Gasteiger partial charge >= 0.3 is 0 Å². The summed E-state index contributed by atoms with van der Waals surface area (Å²) in [5, 5.41) is 13.6. The molecule has 1 aliphatic heterocycles. The number of methoxy groups -OCH3 is 1. The van der Waals surface area contributed by atoms with Crippen LogP contribution in [0.3, 0.4) is 0 Å². The molecular weight excluding hydrogens is 368 g/mol. The number of piperazine rings is 1. The highest BCUT2D eigenvalue weighted by Gasteiger charge is 2.18. The van der Waals surface area contributed by atoms with Crippen molar-refractivity contribution in [3.63, 3.8) is 0 Å². The standard InChI is InChI=1S/C22H28N4O3/c1-17-3-5-18(6-4-17)15-25-9-11-26(12-10-25)16-22(28)24-23-14-19-7-8-20(27)21(13-19)29-2/h3-8,13-14,27H,9-12,15-16H2,1-2H3,(H,24,28)/b23-14-. The number of hydrogen-bond donors (Lipinski definition) is 2. The number of benzene rings is 2. The lowest BCUT2D eigenvalue weighted by molar-refractivity contribution is -0.122. The SMILES string of the molecule is COc1cc(/C=N\NC(=O)CN2CCN(Cc3ccc(C)cc3)CC2)ccc1O. The van der Waals surface area contributed by atoms with Crippen LogP contribution in [0.1, 0.15) is 16.7 Å². The summed E-state index contributed by atoms with van der Waals surface area (Å²) < 4.78 is 5.06. The first-order valence-electron chi connectivity index (χ1n) is 9.72. The number of amides is 1. The second-order valence-corrected chi connectivity index (χ2v) is 7.26. The van der Waals surface area contributed by atoms with Crippen molar-refractivity contribution >= 4 is 12.1 Å². The number of hydrazone groups is 1. The monoisotopic (exact) mass is 396 g/mol. The lowest BCUT2D eigenvalue weighted by atomic mass is 10.1. The Kier molecular flexibility index (Phi) is 7.21. The molecule has 2 aromatic rings. The van der Waals surface area contributed by atoms with Gasteiger partial charge in [0.2, 0.25) is 0 Å². The maximum Gasteiger partial charge on any atom is 0.254 e. The van der Waals surface area contributed by atoms with E-state index in [0.29, 0.717) is 12.3 Å². The molecule has 29 heavy (non-hydrogen) atoms. The highest BCUT2D eigenvalue weighted by Crippen LogP contribution is 2.25. The van der Waals surface area contributed by atoms with Crippen molar-refractivity contribution in [1.82, 2.24) is 15.2 Å². The average Bonchev–Trinajstić information content (AvgIpc) is 2.72. The normalized spacial score (nSPS) is 15.5. The number of phenolic OH excluding ortho intramolecular Hbond substituents is 1. The number of rotatable bonds is 7. The van der Waals surface area contributed by atoms with Crippen LogP contribution < -0.4 is 10.2 Å². The third kappa shape index (κ3) is 6.30. The van der Waals surface area contributed by atoms with E-state index in [0.717, 1.165) is 38.3 Å². The Hall–Kier alpha value is -2.90. The number of nitrogens with zero attached hydrogens (tertiary/aromatic N) is 3. The van der Waals surface area contributed by atoms with E-state index < -0.39 is 0 Å². The molecule has 0 spiro atoms. The molecule has 2 N–H and O–H groups in total. The highest BCUT2D eigenvalue weighted by molar-refractivity contribution is 5.83. The van der Waals surface area contributed by atoms with Crippen LogP contribution in [-0.4, -0.2) is 66.9 Å². The fourth-order valence-electron chi connectivity index (χ4n) is 3.25. The highest BCUT2D eigenvalue weighted by atomic mass is 16.5. The summed E-state index contributed by atoms with van der Waals surface area (Å²) in [6, 6.07) is 13.5.